The summed E-state index contributed by atoms with van der Waals surface area (Å²) in [6, 6.07) is 12.9. The van der Waals surface area contributed by atoms with E-state index >= 15 is 0 Å². The van der Waals surface area contributed by atoms with Crippen molar-refractivity contribution in [3.63, 3.8) is 0 Å². The molecule has 1 amide bonds. The van der Waals surface area contributed by atoms with Crippen LogP contribution in [0.3, 0.4) is 0 Å². The van der Waals surface area contributed by atoms with Gasteiger partial charge in [0.25, 0.3) is 5.91 Å². The van der Waals surface area contributed by atoms with E-state index in [1.54, 1.807) is 18.5 Å². The molecule has 0 atom stereocenters. The molecule has 0 radical (unpaired) electrons. The molecule has 3 rings (SSSR count). The molecule has 6 heteroatoms. The first-order chi connectivity index (χ1) is 12.2. The maximum absolute atomic E-state index is 12.6. The molecule has 0 unspecified atom stereocenters. The summed E-state index contributed by atoms with van der Waals surface area (Å²) in [5, 5.41) is 3.52. The molecule has 1 aromatic carbocycles. The molecular formula is C19H17N3O3. The van der Waals surface area contributed by atoms with Crippen molar-refractivity contribution in [3.05, 3.63) is 60.4 Å². The molecule has 0 saturated carbocycles. The van der Waals surface area contributed by atoms with Crippen molar-refractivity contribution >= 4 is 22.8 Å². The molecule has 0 saturated heterocycles. The van der Waals surface area contributed by atoms with Crippen LogP contribution in [0.25, 0.3) is 22.2 Å². The lowest BCUT2D eigenvalue weighted by Crippen LogP contribution is -2.26. The van der Waals surface area contributed by atoms with E-state index in [-0.39, 0.29) is 24.8 Å². The standard InChI is InChI=1S/C19H17N3O3/c1-25-18(23)8-11-21-19(24)15-12-17(13-6-9-20-10-7-13)22-16-5-3-2-4-14(15)16/h2-7,9-10,12H,8,11H2,1H3,(H,21,24). The third-order valence-electron chi connectivity index (χ3n) is 3.78. The quantitative estimate of drug-likeness (QED) is 0.725. The Labute approximate surface area is 144 Å². The summed E-state index contributed by atoms with van der Waals surface area (Å²) in [7, 11) is 1.32. The van der Waals surface area contributed by atoms with Gasteiger partial charge < -0.3 is 10.1 Å². The first kappa shape index (κ1) is 16.6. The van der Waals surface area contributed by atoms with Gasteiger partial charge in [0.2, 0.25) is 0 Å². The SMILES string of the molecule is COC(=O)CCNC(=O)c1cc(-c2ccncc2)nc2ccccc12. The monoisotopic (exact) mass is 335 g/mol. The van der Waals surface area contributed by atoms with Crippen molar-refractivity contribution in [3.8, 4) is 11.3 Å². The topological polar surface area (TPSA) is 81.2 Å². The fourth-order valence-corrected chi connectivity index (χ4v) is 2.51. The number of amides is 1. The average molecular weight is 335 g/mol. The highest BCUT2D eigenvalue weighted by Gasteiger charge is 2.14. The number of carbonyl (C=O) groups excluding carboxylic acids is 2. The molecule has 6 nitrogen and oxygen atoms in total. The van der Waals surface area contributed by atoms with Crippen molar-refractivity contribution < 1.29 is 14.3 Å². The van der Waals surface area contributed by atoms with Crippen molar-refractivity contribution in [2.45, 2.75) is 6.42 Å². The molecule has 1 N–H and O–H groups in total. The Bertz CT molecular complexity index is 910. The second kappa shape index (κ2) is 7.53. The number of carbonyl (C=O) groups is 2. The number of methoxy groups -OCH3 is 1. The highest BCUT2D eigenvalue weighted by molar-refractivity contribution is 6.07. The number of esters is 1. The van der Waals surface area contributed by atoms with Gasteiger partial charge in [-0.3, -0.25) is 14.6 Å². The molecule has 126 valence electrons. The molecule has 2 aromatic heterocycles. The fourth-order valence-electron chi connectivity index (χ4n) is 2.51. The summed E-state index contributed by atoms with van der Waals surface area (Å²) in [5.74, 6) is -0.616. The largest absolute Gasteiger partial charge is 0.469 e. The van der Waals surface area contributed by atoms with E-state index in [1.165, 1.54) is 7.11 Å². The number of nitrogens with one attached hydrogen (secondary N) is 1. The summed E-state index contributed by atoms with van der Waals surface area (Å²) in [5.41, 5.74) is 2.82. The van der Waals surface area contributed by atoms with E-state index in [4.69, 9.17) is 0 Å². The number of hydrogen-bond acceptors (Lipinski definition) is 5. The summed E-state index contributed by atoms with van der Waals surface area (Å²) < 4.78 is 4.58. The maximum Gasteiger partial charge on any atom is 0.307 e. The van der Waals surface area contributed by atoms with Crippen molar-refractivity contribution in [2.24, 2.45) is 0 Å². The Morgan fingerprint density at radius 3 is 2.64 bits per heavy atom. The molecule has 0 bridgehead atoms. The number of benzene rings is 1. The number of fused-ring (bicyclic) bond motifs is 1. The third kappa shape index (κ3) is 3.80. The van der Waals surface area contributed by atoms with E-state index in [1.807, 2.05) is 36.4 Å². The minimum absolute atomic E-state index is 0.127. The molecular weight excluding hydrogens is 318 g/mol. The summed E-state index contributed by atoms with van der Waals surface area (Å²) >= 11 is 0. The minimum Gasteiger partial charge on any atom is -0.469 e. The van der Waals surface area contributed by atoms with Gasteiger partial charge in [0.15, 0.2) is 0 Å². The van der Waals surface area contributed by atoms with Crippen LogP contribution in [0.1, 0.15) is 16.8 Å². The molecule has 0 fully saturated rings. The lowest BCUT2D eigenvalue weighted by molar-refractivity contribution is -0.140. The van der Waals surface area contributed by atoms with Gasteiger partial charge in [-0.2, -0.15) is 0 Å². The zero-order valence-electron chi connectivity index (χ0n) is 13.7. The number of nitrogens with zero attached hydrogens (tertiary/aromatic N) is 2. The van der Waals surface area contributed by atoms with Crippen LogP contribution < -0.4 is 5.32 Å². The number of para-hydroxylation sites is 1. The van der Waals surface area contributed by atoms with Crippen LogP contribution in [0.15, 0.2) is 54.9 Å². The lowest BCUT2D eigenvalue weighted by Gasteiger charge is -2.10. The zero-order valence-corrected chi connectivity index (χ0v) is 13.7. The number of rotatable bonds is 5. The fraction of sp³-hybridized carbons (Fsp3) is 0.158. The van der Waals surface area contributed by atoms with Gasteiger partial charge in [0, 0.05) is 29.9 Å². The van der Waals surface area contributed by atoms with Crippen LogP contribution in [0, 0.1) is 0 Å². The van der Waals surface area contributed by atoms with Crippen LogP contribution in [0.2, 0.25) is 0 Å². The first-order valence-corrected chi connectivity index (χ1v) is 7.84. The summed E-state index contributed by atoms with van der Waals surface area (Å²) in [6.07, 6.45) is 3.49. The number of pyridine rings is 2. The highest BCUT2D eigenvalue weighted by Crippen LogP contribution is 2.24. The molecule has 0 aliphatic carbocycles. The predicted octanol–water partition coefficient (Wildman–Crippen LogP) is 2.59. The number of ether oxygens (including phenoxy) is 1. The molecule has 0 aliphatic rings. The second-order valence-electron chi connectivity index (χ2n) is 5.39. The van der Waals surface area contributed by atoms with Crippen LogP contribution in [-0.2, 0) is 9.53 Å². The van der Waals surface area contributed by atoms with Crippen LogP contribution >= 0.6 is 0 Å². The number of aromatic nitrogens is 2. The van der Waals surface area contributed by atoms with Crippen LogP contribution in [-0.4, -0.2) is 35.5 Å². The Kier molecular flexibility index (Phi) is 4.99. The van der Waals surface area contributed by atoms with E-state index in [0.29, 0.717) is 11.3 Å². The third-order valence-corrected chi connectivity index (χ3v) is 3.78. The molecule has 0 aliphatic heterocycles. The van der Waals surface area contributed by atoms with Gasteiger partial charge in [-0.1, -0.05) is 18.2 Å². The van der Waals surface area contributed by atoms with Gasteiger partial charge in [0.05, 0.1) is 30.3 Å². The van der Waals surface area contributed by atoms with E-state index in [0.717, 1.165) is 16.5 Å². The lowest BCUT2D eigenvalue weighted by atomic mass is 10.0. The molecule has 2 heterocycles. The zero-order chi connectivity index (χ0) is 17.6. The maximum atomic E-state index is 12.6. The van der Waals surface area contributed by atoms with Gasteiger partial charge in [-0.05, 0) is 24.3 Å². The Morgan fingerprint density at radius 2 is 1.88 bits per heavy atom. The van der Waals surface area contributed by atoms with Crippen LogP contribution in [0.5, 0.6) is 0 Å². The Hall–Kier alpha value is -3.28. The summed E-state index contributed by atoms with van der Waals surface area (Å²) in [4.78, 5) is 32.4. The van der Waals surface area contributed by atoms with Gasteiger partial charge in [-0.25, -0.2) is 4.98 Å². The smallest absolute Gasteiger partial charge is 0.307 e. The van der Waals surface area contributed by atoms with E-state index < -0.39 is 0 Å². The van der Waals surface area contributed by atoms with E-state index in [9.17, 15) is 9.59 Å². The van der Waals surface area contributed by atoms with Gasteiger partial charge >= 0.3 is 5.97 Å². The van der Waals surface area contributed by atoms with Crippen molar-refractivity contribution in [1.29, 1.82) is 0 Å². The molecule has 0 spiro atoms. The van der Waals surface area contributed by atoms with Crippen molar-refractivity contribution in [2.75, 3.05) is 13.7 Å². The number of hydrogen-bond donors (Lipinski definition) is 1. The Morgan fingerprint density at radius 1 is 1.12 bits per heavy atom. The minimum atomic E-state index is -0.364. The van der Waals surface area contributed by atoms with Crippen molar-refractivity contribution in [1.82, 2.24) is 15.3 Å². The highest BCUT2D eigenvalue weighted by atomic mass is 16.5. The van der Waals surface area contributed by atoms with E-state index in [2.05, 4.69) is 20.0 Å². The molecule has 3 aromatic rings. The van der Waals surface area contributed by atoms with Gasteiger partial charge in [0.1, 0.15) is 0 Å². The first-order valence-electron chi connectivity index (χ1n) is 7.84. The molecule has 25 heavy (non-hydrogen) atoms. The second-order valence-corrected chi connectivity index (χ2v) is 5.39. The predicted molar refractivity (Wildman–Crippen MR) is 93.9 cm³/mol. The van der Waals surface area contributed by atoms with Gasteiger partial charge in [-0.15, -0.1) is 0 Å². The van der Waals surface area contributed by atoms with Crippen LogP contribution in [0.4, 0.5) is 0 Å². The Balaban J connectivity index is 1.95. The average Bonchev–Trinajstić information content (AvgIpc) is 2.67. The summed E-state index contributed by atoms with van der Waals surface area (Å²) in [6.45, 7) is 0.215. The normalized spacial score (nSPS) is 10.4.